The Morgan fingerprint density at radius 3 is 2.58 bits per heavy atom. The summed E-state index contributed by atoms with van der Waals surface area (Å²) in [6, 6.07) is 5.19. The number of alkyl halides is 3. The molecule has 0 spiro atoms. The Balaban J connectivity index is 2.05. The fourth-order valence-corrected chi connectivity index (χ4v) is 2.14. The molecule has 1 nitrogen and oxygen atoms in total. The summed E-state index contributed by atoms with van der Waals surface area (Å²) >= 11 is 0. The van der Waals surface area contributed by atoms with E-state index in [2.05, 4.69) is 0 Å². The van der Waals surface area contributed by atoms with E-state index in [4.69, 9.17) is 4.74 Å². The first kappa shape index (κ1) is 14.2. The minimum Gasteiger partial charge on any atom is -0.493 e. The summed E-state index contributed by atoms with van der Waals surface area (Å²) in [5.74, 6) is -2.78. The Hall–Kier alpha value is -1.19. The van der Waals surface area contributed by atoms with Crippen LogP contribution in [-0.4, -0.2) is 12.5 Å². The Bertz CT molecular complexity index is 445. The quantitative estimate of drug-likeness (QED) is 0.729. The fourth-order valence-electron chi connectivity index (χ4n) is 2.14. The molecule has 0 saturated heterocycles. The summed E-state index contributed by atoms with van der Waals surface area (Å²) in [5, 5.41) is 0. The van der Waals surface area contributed by atoms with Crippen LogP contribution in [0.4, 0.5) is 13.2 Å². The third-order valence-electron chi connectivity index (χ3n) is 3.60. The fraction of sp³-hybridized carbons (Fsp3) is 0.600. The first-order valence-electron chi connectivity index (χ1n) is 6.75. The molecular formula is C15H19F3O. The largest absolute Gasteiger partial charge is 0.493 e. The van der Waals surface area contributed by atoms with Crippen LogP contribution in [0.2, 0.25) is 0 Å². The van der Waals surface area contributed by atoms with Crippen molar-refractivity contribution < 1.29 is 17.9 Å². The van der Waals surface area contributed by atoms with Gasteiger partial charge in [-0.2, -0.15) is 0 Å². The minimum atomic E-state index is -2.57. The lowest BCUT2D eigenvalue weighted by molar-refractivity contribution is 0.0856. The molecule has 106 valence electrons. The normalized spacial score (nSPS) is 22.1. The topological polar surface area (TPSA) is 9.23 Å². The maximum absolute atomic E-state index is 13.9. The smallest absolute Gasteiger partial charge is 0.255 e. The van der Waals surface area contributed by atoms with Crippen LogP contribution in [0.3, 0.4) is 0 Å². The van der Waals surface area contributed by atoms with Gasteiger partial charge in [0.25, 0.3) is 5.92 Å². The van der Waals surface area contributed by atoms with E-state index in [1.165, 1.54) is 0 Å². The minimum absolute atomic E-state index is 0.000981. The van der Waals surface area contributed by atoms with Crippen molar-refractivity contribution in [1.82, 2.24) is 0 Å². The van der Waals surface area contributed by atoms with Gasteiger partial charge in [0.2, 0.25) is 0 Å². The number of hydrogen-bond donors (Lipinski definition) is 0. The van der Waals surface area contributed by atoms with Crippen LogP contribution in [0.15, 0.2) is 18.2 Å². The van der Waals surface area contributed by atoms with E-state index in [-0.39, 0.29) is 13.0 Å². The van der Waals surface area contributed by atoms with Gasteiger partial charge in [-0.15, -0.1) is 0 Å². The number of ether oxygens (including phenoxy) is 1. The van der Waals surface area contributed by atoms with Crippen LogP contribution in [0.25, 0.3) is 0 Å². The molecule has 2 atom stereocenters. The van der Waals surface area contributed by atoms with Crippen LogP contribution in [0, 0.1) is 5.92 Å². The van der Waals surface area contributed by atoms with E-state index in [0.29, 0.717) is 17.7 Å². The second kappa shape index (κ2) is 5.43. The number of halogens is 3. The van der Waals surface area contributed by atoms with Gasteiger partial charge >= 0.3 is 0 Å². The standard InChI is InChI=1S/C15H19F3O/c1-3-10-5-6-12(7-13(10)14(16)4-2)19-9-11-8-15(11,17)18/h5-7,11,14H,3-4,8-9H2,1-2H3. The van der Waals surface area contributed by atoms with Gasteiger partial charge in [0.1, 0.15) is 11.9 Å². The highest BCUT2D eigenvalue weighted by atomic mass is 19.3. The van der Waals surface area contributed by atoms with Crippen molar-refractivity contribution in [2.24, 2.45) is 5.92 Å². The first-order valence-corrected chi connectivity index (χ1v) is 6.75. The highest BCUT2D eigenvalue weighted by Crippen LogP contribution is 2.48. The molecule has 0 aromatic heterocycles. The summed E-state index contributed by atoms with van der Waals surface area (Å²) in [5.41, 5.74) is 1.56. The van der Waals surface area contributed by atoms with E-state index < -0.39 is 18.0 Å². The lowest BCUT2D eigenvalue weighted by atomic mass is 9.99. The summed E-state index contributed by atoms with van der Waals surface area (Å²) < 4.78 is 44.7. The Morgan fingerprint density at radius 2 is 2.05 bits per heavy atom. The van der Waals surface area contributed by atoms with E-state index in [1.807, 2.05) is 13.0 Å². The van der Waals surface area contributed by atoms with Gasteiger partial charge in [0.05, 0.1) is 12.5 Å². The number of hydrogen-bond acceptors (Lipinski definition) is 1. The zero-order chi connectivity index (χ0) is 14.0. The summed E-state index contributed by atoms with van der Waals surface area (Å²) in [4.78, 5) is 0. The molecule has 1 aromatic carbocycles. The predicted molar refractivity (Wildman–Crippen MR) is 68.5 cm³/mol. The number of aryl methyl sites for hydroxylation is 1. The third-order valence-corrected chi connectivity index (χ3v) is 3.60. The van der Waals surface area contributed by atoms with Crippen molar-refractivity contribution in [1.29, 1.82) is 0 Å². The number of rotatable bonds is 6. The molecule has 0 heterocycles. The Labute approximate surface area is 111 Å². The predicted octanol–water partition coefficient (Wildman–Crippen LogP) is 4.70. The molecular weight excluding hydrogens is 253 g/mol. The van der Waals surface area contributed by atoms with Crippen LogP contribution < -0.4 is 4.74 Å². The molecule has 19 heavy (non-hydrogen) atoms. The van der Waals surface area contributed by atoms with Crippen LogP contribution in [0.5, 0.6) is 5.75 Å². The Morgan fingerprint density at radius 1 is 1.37 bits per heavy atom. The summed E-state index contributed by atoms with van der Waals surface area (Å²) in [6.45, 7) is 3.75. The van der Waals surface area contributed by atoms with Crippen molar-refractivity contribution in [3.63, 3.8) is 0 Å². The van der Waals surface area contributed by atoms with Crippen LogP contribution in [-0.2, 0) is 6.42 Å². The van der Waals surface area contributed by atoms with Crippen molar-refractivity contribution in [3.8, 4) is 5.75 Å². The zero-order valence-electron chi connectivity index (χ0n) is 11.3. The molecule has 1 saturated carbocycles. The Kier molecular flexibility index (Phi) is 4.07. The molecule has 4 heteroatoms. The molecule has 0 aliphatic heterocycles. The van der Waals surface area contributed by atoms with Gasteiger partial charge in [0, 0.05) is 6.42 Å². The maximum atomic E-state index is 13.9. The molecule has 0 radical (unpaired) electrons. The third kappa shape index (κ3) is 3.23. The molecule has 1 aliphatic carbocycles. The van der Waals surface area contributed by atoms with Gasteiger partial charge in [-0.1, -0.05) is 19.9 Å². The molecule has 0 N–H and O–H groups in total. The van der Waals surface area contributed by atoms with E-state index in [1.54, 1.807) is 19.1 Å². The molecule has 1 fully saturated rings. The summed E-state index contributed by atoms with van der Waals surface area (Å²) in [7, 11) is 0. The van der Waals surface area contributed by atoms with E-state index in [9.17, 15) is 13.2 Å². The average Bonchev–Trinajstić information content (AvgIpc) is 3.02. The van der Waals surface area contributed by atoms with Gasteiger partial charge in [0.15, 0.2) is 0 Å². The van der Waals surface area contributed by atoms with Gasteiger partial charge < -0.3 is 4.74 Å². The zero-order valence-corrected chi connectivity index (χ0v) is 11.3. The van der Waals surface area contributed by atoms with E-state index in [0.717, 1.165) is 12.0 Å². The SMILES string of the molecule is CCc1ccc(OCC2CC2(F)F)cc1C(F)CC. The van der Waals surface area contributed by atoms with Crippen LogP contribution >= 0.6 is 0 Å². The van der Waals surface area contributed by atoms with Crippen LogP contribution in [0.1, 0.15) is 44.0 Å². The molecule has 0 amide bonds. The van der Waals surface area contributed by atoms with Crippen molar-refractivity contribution in [2.45, 2.75) is 45.2 Å². The highest BCUT2D eigenvalue weighted by molar-refractivity contribution is 5.37. The van der Waals surface area contributed by atoms with Gasteiger partial charge in [-0.25, -0.2) is 13.2 Å². The monoisotopic (exact) mass is 272 g/mol. The second-order valence-electron chi connectivity index (χ2n) is 5.06. The lowest BCUT2D eigenvalue weighted by Crippen LogP contribution is -2.06. The average molecular weight is 272 g/mol. The second-order valence-corrected chi connectivity index (χ2v) is 5.06. The van der Waals surface area contributed by atoms with Crippen molar-refractivity contribution in [3.05, 3.63) is 29.3 Å². The van der Waals surface area contributed by atoms with Gasteiger partial charge in [-0.05, 0) is 36.1 Å². The maximum Gasteiger partial charge on any atom is 0.255 e. The molecule has 1 aliphatic rings. The van der Waals surface area contributed by atoms with Crippen molar-refractivity contribution in [2.75, 3.05) is 6.61 Å². The number of benzene rings is 1. The molecule has 1 aromatic rings. The lowest BCUT2D eigenvalue weighted by Gasteiger charge is -2.14. The summed E-state index contributed by atoms with van der Waals surface area (Å²) in [6.07, 6.45) is 0.0162. The molecule has 0 bridgehead atoms. The first-order chi connectivity index (χ1) is 8.97. The molecule has 2 unspecified atom stereocenters. The van der Waals surface area contributed by atoms with Crippen molar-refractivity contribution >= 4 is 0 Å². The molecule has 2 rings (SSSR count). The van der Waals surface area contributed by atoms with E-state index >= 15 is 0 Å². The van der Waals surface area contributed by atoms with Gasteiger partial charge in [-0.3, -0.25) is 0 Å². The highest BCUT2D eigenvalue weighted by Gasteiger charge is 2.57.